The SMILES string of the molecule is O=c1c2ccccc2c2cc(-c3cccc(-n4c5ccc(-c6ccccc6)cc5c5cc(-c6ccccc6)ccc54)c3)cc3c4ccccc4n1c23. The minimum Gasteiger partial charge on any atom is -0.309 e. The van der Waals surface area contributed by atoms with Crippen LogP contribution in [0.1, 0.15) is 0 Å². The second-order valence-electron chi connectivity index (χ2n) is 13.7. The number of para-hydroxylation sites is 1. The predicted molar refractivity (Wildman–Crippen MR) is 218 cm³/mol. The molecule has 3 aromatic heterocycles. The highest BCUT2D eigenvalue weighted by atomic mass is 16.1. The van der Waals surface area contributed by atoms with E-state index in [0.29, 0.717) is 0 Å². The van der Waals surface area contributed by atoms with E-state index < -0.39 is 0 Å². The molecule has 3 heteroatoms. The topological polar surface area (TPSA) is 26.4 Å². The number of rotatable bonds is 4. The van der Waals surface area contributed by atoms with E-state index in [4.69, 9.17) is 0 Å². The summed E-state index contributed by atoms with van der Waals surface area (Å²) in [5, 5.41) is 7.43. The summed E-state index contributed by atoms with van der Waals surface area (Å²) in [4.78, 5) is 13.9. The van der Waals surface area contributed by atoms with Gasteiger partial charge in [0.05, 0.1) is 22.1 Å². The smallest absolute Gasteiger partial charge is 0.263 e. The Bertz CT molecular complexity index is 3150. The van der Waals surface area contributed by atoms with Crippen molar-refractivity contribution in [1.29, 1.82) is 0 Å². The first-order chi connectivity index (χ1) is 25.7. The van der Waals surface area contributed by atoms with Crippen LogP contribution in [0.5, 0.6) is 0 Å². The van der Waals surface area contributed by atoms with Crippen LogP contribution in [-0.2, 0) is 0 Å². The summed E-state index contributed by atoms with van der Waals surface area (Å²) in [6.07, 6.45) is 0. The molecule has 8 aromatic carbocycles. The lowest BCUT2D eigenvalue weighted by Crippen LogP contribution is -2.12. The fourth-order valence-corrected chi connectivity index (χ4v) is 8.45. The molecule has 0 N–H and O–H groups in total. The predicted octanol–water partition coefficient (Wildman–Crippen LogP) is 12.3. The third-order valence-corrected chi connectivity index (χ3v) is 10.8. The van der Waals surface area contributed by atoms with Gasteiger partial charge in [0, 0.05) is 38.0 Å². The maximum absolute atomic E-state index is 13.9. The maximum Gasteiger partial charge on any atom is 0.263 e. The van der Waals surface area contributed by atoms with E-state index in [2.05, 4.69) is 162 Å². The molecule has 11 rings (SSSR count). The van der Waals surface area contributed by atoms with Gasteiger partial charge in [-0.1, -0.05) is 121 Å². The van der Waals surface area contributed by atoms with E-state index in [0.717, 1.165) is 65.8 Å². The molecule has 11 aromatic rings. The Morgan fingerprint density at radius 2 is 0.808 bits per heavy atom. The number of hydrogen-bond acceptors (Lipinski definition) is 1. The maximum atomic E-state index is 13.9. The molecule has 52 heavy (non-hydrogen) atoms. The third kappa shape index (κ3) is 4.17. The quantitative estimate of drug-likeness (QED) is 0.172. The molecule has 0 saturated heterocycles. The Hall–Kier alpha value is -6.97. The van der Waals surface area contributed by atoms with Crippen molar-refractivity contribution >= 4 is 59.8 Å². The van der Waals surface area contributed by atoms with Crippen LogP contribution in [0, 0.1) is 0 Å². The Balaban J connectivity index is 1.16. The average molecular weight is 663 g/mol. The Morgan fingerprint density at radius 1 is 0.308 bits per heavy atom. The molecule has 0 fully saturated rings. The van der Waals surface area contributed by atoms with E-state index in [-0.39, 0.29) is 5.56 Å². The molecular weight excluding hydrogens is 633 g/mol. The summed E-state index contributed by atoms with van der Waals surface area (Å²) in [5.41, 5.74) is 12.4. The molecule has 0 spiro atoms. The molecule has 0 aliphatic heterocycles. The summed E-state index contributed by atoms with van der Waals surface area (Å²) in [6, 6.07) is 64.6. The minimum atomic E-state index is 0.0289. The van der Waals surface area contributed by atoms with Crippen molar-refractivity contribution in [2.75, 3.05) is 0 Å². The van der Waals surface area contributed by atoms with Gasteiger partial charge in [-0.15, -0.1) is 0 Å². The standard InChI is InChI=1S/C49H30N2O/c52-49-40-20-8-7-18-38(40)43-29-36(30-44-39-19-9-10-21-45(39)51(49)48(43)44)33-16-11-17-37(26-33)50-46-24-22-34(31-12-3-1-4-13-31)27-41(46)42-28-35(23-25-47(42)50)32-14-5-2-6-15-32/h1-30H. The number of aromatic nitrogens is 2. The lowest BCUT2D eigenvalue weighted by atomic mass is 9.97. The fourth-order valence-electron chi connectivity index (χ4n) is 8.45. The minimum absolute atomic E-state index is 0.0289. The van der Waals surface area contributed by atoms with E-state index in [1.807, 2.05) is 28.7 Å². The van der Waals surface area contributed by atoms with Gasteiger partial charge >= 0.3 is 0 Å². The van der Waals surface area contributed by atoms with Crippen LogP contribution in [-0.4, -0.2) is 8.97 Å². The molecule has 0 radical (unpaired) electrons. The van der Waals surface area contributed by atoms with Gasteiger partial charge in [0.25, 0.3) is 5.56 Å². The van der Waals surface area contributed by atoms with Crippen molar-refractivity contribution in [2.24, 2.45) is 0 Å². The zero-order valence-corrected chi connectivity index (χ0v) is 28.1. The highest BCUT2D eigenvalue weighted by Crippen LogP contribution is 2.40. The van der Waals surface area contributed by atoms with Gasteiger partial charge in [-0.2, -0.15) is 0 Å². The van der Waals surface area contributed by atoms with Gasteiger partial charge in [-0.3, -0.25) is 9.20 Å². The second-order valence-corrected chi connectivity index (χ2v) is 13.7. The molecule has 0 atom stereocenters. The van der Waals surface area contributed by atoms with Crippen LogP contribution in [0.25, 0.3) is 98.8 Å². The van der Waals surface area contributed by atoms with Crippen LogP contribution < -0.4 is 5.56 Å². The summed E-state index contributed by atoms with van der Waals surface area (Å²) < 4.78 is 4.31. The Kier molecular flexibility index (Phi) is 6.11. The largest absolute Gasteiger partial charge is 0.309 e. The third-order valence-electron chi connectivity index (χ3n) is 10.8. The summed E-state index contributed by atoms with van der Waals surface area (Å²) in [5.74, 6) is 0. The monoisotopic (exact) mass is 662 g/mol. The van der Waals surface area contributed by atoms with Crippen LogP contribution in [0.3, 0.4) is 0 Å². The van der Waals surface area contributed by atoms with Crippen molar-refractivity contribution in [3.63, 3.8) is 0 Å². The second kappa shape index (κ2) is 11.0. The van der Waals surface area contributed by atoms with Gasteiger partial charge in [-0.25, -0.2) is 0 Å². The van der Waals surface area contributed by atoms with Crippen molar-refractivity contribution < 1.29 is 0 Å². The first-order valence-corrected chi connectivity index (χ1v) is 17.7. The zero-order chi connectivity index (χ0) is 34.3. The first kappa shape index (κ1) is 28.8. The highest BCUT2D eigenvalue weighted by molar-refractivity contribution is 6.21. The van der Waals surface area contributed by atoms with E-state index in [1.165, 1.54) is 33.0 Å². The van der Waals surface area contributed by atoms with Crippen molar-refractivity contribution in [2.45, 2.75) is 0 Å². The lowest BCUT2D eigenvalue weighted by molar-refractivity contribution is 1.18. The molecule has 3 heterocycles. The fraction of sp³-hybridized carbons (Fsp3) is 0. The number of benzene rings is 8. The van der Waals surface area contributed by atoms with Crippen molar-refractivity contribution in [3.8, 4) is 39.1 Å². The zero-order valence-electron chi connectivity index (χ0n) is 28.1. The van der Waals surface area contributed by atoms with Gasteiger partial charge in [0.2, 0.25) is 0 Å². The number of fused-ring (bicyclic) bond motifs is 8. The van der Waals surface area contributed by atoms with Crippen molar-refractivity contribution in [1.82, 2.24) is 8.97 Å². The average Bonchev–Trinajstić information content (AvgIpc) is 3.73. The normalized spacial score (nSPS) is 11.9. The molecular formula is C49H30N2O. The van der Waals surface area contributed by atoms with Gasteiger partial charge in [0.1, 0.15) is 0 Å². The number of pyridine rings is 1. The molecule has 0 amide bonds. The van der Waals surface area contributed by atoms with Crippen LogP contribution >= 0.6 is 0 Å². The molecule has 0 unspecified atom stereocenters. The van der Waals surface area contributed by atoms with Gasteiger partial charge < -0.3 is 4.57 Å². The Morgan fingerprint density at radius 3 is 1.46 bits per heavy atom. The Labute approximate surface area is 299 Å². The molecule has 0 aliphatic carbocycles. The molecule has 242 valence electrons. The summed E-state index contributed by atoms with van der Waals surface area (Å²) in [7, 11) is 0. The molecule has 3 nitrogen and oxygen atoms in total. The number of nitrogens with zero attached hydrogens (tertiary/aromatic N) is 2. The highest BCUT2D eigenvalue weighted by Gasteiger charge is 2.19. The van der Waals surface area contributed by atoms with E-state index >= 15 is 0 Å². The summed E-state index contributed by atoms with van der Waals surface area (Å²) in [6.45, 7) is 0. The number of hydrogen-bond donors (Lipinski definition) is 0. The molecule has 0 aliphatic rings. The lowest BCUT2D eigenvalue weighted by Gasteiger charge is -2.13. The first-order valence-electron chi connectivity index (χ1n) is 17.7. The van der Waals surface area contributed by atoms with E-state index in [1.54, 1.807) is 0 Å². The van der Waals surface area contributed by atoms with Crippen LogP contribution in [0.15, 0.2) is 187 Å². The summed E-state index contributed by atoms with van der Waals surface area (Å²) >= 11 is 0. The van der Waals surface area contributed by atoms with Crippen molar-refractivity contribution in [3.05, 3.63) is 192 Å². The van der Waals surface area contributed by atoms with E-state index in [9.17, 15) is 4.79 Å². The van der Waals surface area contributed by atoms with Gasteiger partial charge in [-0.05, 0) is 99.4 Å². The molecule has 0 saturated carbocycles. The van der Waals surface area contributed by atoms with Crippen LogP contribution in [0.2, 0.25) is 0 Å². The van der Waals surface area contributed by atoms with Gasteiger partial charge in [0.15, 0.2) is 0 Å². The molecule has 0 bridgehead atoms. The van der Waals surface area contributed by atoms with Crippen LogP contribution in [0.4, 0.5) is 0 Å².